The molecule has 3 heterocycles. The molecule has 0 unspecified atom stereocenters. The Kier molecular flexibility index (Phi) is 3.94. The van der Waals surface area contributed by atoms with Gasteiger partial charge in [0, 0.05) is 17.0 Å². The third-order valence-electron chi connectivity index (χ3n) is 2.58. The fourth-order valence-corrected chi connectivity index (χ4v) is 3.08. The molecule has 0 aliphatic rings. The molecule has 0 bridgehead atoms. The average Bonchev–Trinajstić information content (AvgIpc) is 3.16. The molecule has 0 aliphatic carbocycles. The number of rotatable bonds is 4. The summed E-state index contributed by atoms with van der Waals surface area (Å²) in [7, 11) is 0. The average molecular weight is 317 g/mol. The second-order valence-electron chi connectivity index (χ2n) is 4.20. The summed E-state index contributed by atoms with van der Waals surface area (Å²) in [5.74, 6) is 1.18. The van der Waals surface area contributed by atoms with Gasteiger partial charge in [-0.25, -0.2) is 0 Å². The maximum Gasteiger partial charge on any atom is 0.250 e. The van der Waals surface area contributed by atoms with E-state index in [0.717, 1.165) is 16.3 Å². The molecule has 1 amide bonds. The Labute approximate surface area is 129 Å². The van der Waals surface area contributed by atoms with Crippen molar-refractivity contribution in [2.75, 3.05) is 5.32 Å². The summed E-state index contributed by atoms with van der Waals surface area (Å²) >= 11 is 2.94. The van der Waals surface area contributed by atoms with Crippen molar-refractivity contribution in [1.82, 2.24) is 10.2 Å². The van der Waals surface area contributed by atoms with Gasteiger partial charge >= 0.3 is 0 Å². The predicted molar refractivity (Wildman–Crippen MR) is 84.3 cm³/mol. The molecule has 0 saturated heterocycles. The quantitative estimate of drug-likeness (QED) is 0.743. The number of aromatic nitrogens is 2. The van der Waals surface area contributed by atoms with Gasteiger partial charge in [-0.1, -0.05) is 11.3 Å². The highest BCUT2D eigenvalue weighted by molar-refractivity contribution is 7.19. The molecule has 0 atom stereocenters. The highest BCUT2D eigenvalue weighted by atomic mass is 32.1. The number of nitrogens with zero attached hydrogens (tertiary/aromatic N) is 2. The molecule has 0 radical (unpaired) electrons. The van der Waals surface area contributed by atoms with E-state index in [0.29, 0.717) is 10.9 Å². The highest BCUT2D eigenvalue weighted by Gasteiger charge is 2.08. The fourth-order valence-electron chi connectivity index (χ4n) is 1.62. The number of furan rings is 1. The molecule has 7 heteroatoms. The van der Waals surface area contributed by atoms with Crippen LogP contribution in [0.2, 0.25) is 0 Å². The fraction of sp³-hybridized carbons (Fsp3) is 0.0714. The van der Waals surface area contributed by atoms with Crippen LogP contribution in [0, 0.1) is 6.92 Å². The van der Waals surface area contributed by atoms with E-state index in [2.05, 4.69) is 15.5 Å². The lowest BCUT2D eigenvalue weighted by Gasteiger charge is -1.93. The first kappa shape index (κ1) is 13.7. The minimum Gasteiger partial charge on any atom is -0.462 e. The lowest BCUT2D eigenvalue weighted by molar-refractivity contribution is -0.111. The molecule has 106 valence electrons. The van der Waals surface area contributed by atoms with Gasteiger partial charge in [0.15, 0.2) is 0 Å². The minimum absolute atomic E-state index is 0.267. The standard InChI is InChI=1S/C14H11N3O2S2/c1-9-2-3-11(19-9)4-5-12(18)15-14-17-16-13(21-14)10-6-7-20-8-10/h2-8H,1H3,(H,15,17,18)/b5-4+. The summed E-state index contributed by atoms with van der Waals surface area (Å²) in [5, 5.41) is 15.9. The Bertz CT molecular complexity index is 772. The van der Waals surface area contributed by atoms with Gasteiger partial charge in [0.2, 0.25) is 11.0 Å². The van der Waals surface area contributed by atoms with Crippen LogP contribution in [-0.2, 0) is 4.79 Å². The van der Waals surface area contributed by atoms with Crippen molar-refractivity contribution in [3.8, 4) is 10.6 Å². The molecule has 0 aromatic carbocycles. The van der Waals surface area contributed by atoms with Crippen molar-refractivity contribution < 1.29 is 9.21 Å². The van der Waals surface area contributed by atoms with Crippen molar-refractivity contribution >= 4 is 39.8 Å². The molecular formula is C14H11N3O2S2. The third kappa shape index (κ3) is 3.45. The maximum absolute atomic E-state index is 11.8. The lowest BCUT2D eigenvalue weighted by Crippen LogP contribution is -2.07. The van der Waals surface area contributed by atoms with E-state index in [9.17, 15) is 4.79 Å². The first-order valence-electron chi connectivity index (χ1n) is 6.12. The second kappa shape index (κ2) is 6.02. The summed E-state index contributed by atoms with van der Waals surface area (Å²) in [5.41, 5.74) is 1.01. The molecule has 3 rings (SSSR count). The van der Waals surface area contributed by atoms with Crippen LogP contribution in [0.1, 0.15) is 11.5 Å². The number of thiophene rings is 1. The van der Waals surface area contributed by atoms with Crippen LogP contribution >= 0.6 is 22.7 Å². The van der Waals surface area contributed by atoms with Gasteiger partial charge in [0.05, 0.1) is 0 Å². The molecule has 3 aromatic heterocycles. The Hall–Kier alpha value is -2.25. The van der Waals surface area contributed by atoms with Crippen LogP contribution in [0.15, 0.2) is 39.5 Å². The monoisotopic (exact) mass is 317 g/mol. The molecule has 1 N–H and O–H groups in total. The van der Waals surface area contributed by atoms with Crippen LogP contribution in [0.25, 0.3) is 16.6 Å². The van der Waals surface area contributed by atoms with E-state index in [1.165, 1.54) is 17.4 Å². The zero-order valence-electron chi connectivity index (χ0n) is 11.1. The number of anilines is 1. The van der Waals surface area contributed by atoms with Crippen molar-refractivity contribution in [2.24, 2.45) is 0 Å². The van der Waals surface area contributed by atoms with Crippen molar-refractivity contribution in [3.05, 3.63) is 46.6 Å². The van der Waals surface area contributed by atoms with E-state index in [-0.39, 0.29) is 5.91 Å². The molecule has 3 aromatic rings. The number of hydrogen-bond donors (Lipinski definition) is 1. The topological polar surface area (TPSA) is 68.0 Å². The summed E-state index contributed by atoms with van der Waals surface area (Å²) in [6.07, 6.45) is 3.02. The molecule has 0 fully saturated rings. The van der Waals surface area contributed by atoms with Gasteiger partial charge in [-0.2, -0.15) is 11.3 Å². The smallest absolute Gasteiger partial charge is 0.250 e. The summed E-state index contributed by atoms with van der Waals surface area (Å²) in [6.45, 7) is 1.85. The number of aryl methyl sites for hydroxylation is 1. The van der Waals surface area contributed by atoms with Gasteiger partial charge < -0.3 is 4.42 Å². The Morgan fingerprint density at radius 3 is 2.95 bits per heavy atom. The third-order valence-corrected chi connectivity index (χ3v) is 4.15. The van der Waals surface area contributed by atoms with Crippen LogP contribution < -0.4 is 5.32 Å². The van der Waals surface area contributed by atoms with E-state index in [1.54, 1.807) is 23.5 Å². The molecule has 21 heavy (non-hydrogen) atoms. The Morgan fingerprint density at radius 1 is 1.33 bits per heavy atom. The molecular weight excluding hydrogens is 306 g/mol. The first-order valence-corrected chi connectivity index (χ1v) is 7.88. The van der Waals surface area contributed by atoms with Gasteiger partial charge in [-0.15, -0.1) is 10.2 Å². The van der Waals surface area contributed by atoms with Gasteiger partial charge in [0.1, 0.15) is 16.5 Å². The Morgan fingerprint density at radius 2 is 2.24 bits per heavy atom. The first-order chi connectivity index (χ1) is 10.2. The van der Waals surface area contributed by atoms with Gasteiger partial charge in [-0.3, -0.25) is 10.1 Å². The van der Waals surface area contributed by atoms with E-state index in [1.807, 2.05) is 29.8 Å². The second-order valence-corrected chi connectivity index (χ2v) is 5.95. The van der Waals surface area contributed by atoms with Crippen molar-refractivity contribution in [2.45, 2.75) is 6.92 Å². The van der Waals surface area contributed by atoms with Crippen LogP contribution in [-0.4, -0.2) is 16.1 Å². The summed E-state index contributed by atoms with van der Waals surface area (Å²) in [6, 6.07) is 5.62. The number of carbonyl (C=O) groups is 1. The predicted octanol–water partition coefficient (Wildman–Crippen LogP) is 3.82. The van der Waals surface area contributed by atoms with E-state index < -0.39 is 0 Å². The molecule has 0 spiro atoms. The van der Waals surface area contributed by atoms with E-state index in [4.69, 9.17) is 4.42 Å². The Balaban J connectivity index is 1.64. The summed E-state index contributed by atoms with van der Waals surface area (Å²) < 4.78 is 5.35. The van der Waals surface area contributed by atoms with Gasteiger partial charge in [-0.05, 0) is 36.6 Å². The van der Waals surface area contributed by atoms with Crippen molar-refractivity contribution in [1.29, 1.82) is 0 Å². The van der Waals surface area contributed by atoms with Crippen LogP contribution in [0.3, 0.4) is 0 Å². The number of nitrogens with one attached hydrogen (secondary N) is 1. The van der Waals surface area contributed by atoms with Crippen LogP contribution in [0.4, 0.5) is 5.13 Å². The van der Waals surface area contributed by atoms with Crippen molar-refractivity contribution in [3.63, 3.8) is 0 Å². The number of carbonyl (C=O) groups excluding carboxylic acids is 1. The maximum atomic E-state index is 11.8. The number of hydrogen-bond acceptors (Lipinski definition) is 6. The molecule has 0 aliphatic heterocycles. The zero-order chi connectivity index (χ0) is 14.7. The molecule has 5 nitrogen and oxygen atoms in total. The highest BCUT2D eigenvalue weighted by Crippen LogP contribution is 2.27. The van der Waals surface area contributed by atoms with Crippen LogP contribution in [0.5, 0.6) is 0 Å². The number of amides is 1. The lowest BCUT2D eigenvalue weighted by atomic mass is 10.4. The largest absolute Gasteiger partial charge is 0.462 e. The zero-order valence-corrected chi connectivity index (χ0v) is 12.7. The normalized spacial score (nSPS) is 11.1. The molecule has 0 saturated carbocycles. The van der Waals surface area contributed by atoms with E-state index >= 15 is 0 Å². The minimum atomic E-state index is -0.267. The van der Waals surface area contributed by atoms with Gasteiger partial charge in [0.25, 0.3) is 0 Å². The SMILES string of the molecule is Cc1ccc(/C=C/C(=O)Nc2nnc(-c3ccsc3)s2)o1. The summed E-state index contributed by atoms with van der Waals surface area (Å²) in [4.78, 5) is 11.8.